The van der Waals surface area contributed by atoms with Gasteiger partial charge in [-0.1, -0.05) is 12.1 Å². The lowest BCUT2D eigenvalue weighted by Crippen LogP contribution is -2.32. The molecule has 0 saturated heterocycles. The highest BCUT2D eigenvalue weighted by molar-refractivity contribution is 5.92. The zero-order valence-corrected chi connectivity index (χ0v) is 10.8. The van der Waals surface area contributed by atoms with Crippen molar-refractivity contribution in [3.63, 3.8) is 0 Å². The molecule has 0 radical (unpaired) electrons. The van der Waals surface area contributed by atoms with Crippen molar-refractivity contribution in [2.24, 2.45) is 17.4 Å². The second kappa shape index (κ2) is 5.84. The first-order valence-electron chi connectivity index (χ1n) is 6.47. The van der Waals surface area contributed by atoms with Crippen LogP contribution in [-0.2, 0) is 11.3 Å². The summed E-state index contributed by atoms with van der Waals surface area (Å²) in [7, 11) is 0. The Labute approximate surface area is 112 Å². The summed E-state index contributed by atoms with van der Waals surface area (Å²) in [5.74, 6) is -0.00301. The van der Waals surface area contributed by atoms with E-state index in [1.165, 1.54) is 0 Å². The van der Waals surface area contributed by atoms with Gasteiger partial charge in [-0.15, -0.1) is 0 Å². The Bertz CT molecular complexity index is 483. The van der Waals surface area contributed by atoms with Gasteiger partial charge < -0.3 is 16.8 Å². The van der Waals surface area contributed by atoms with Gasteiger partial charge in [0.1, 0.15) is 0 Å². The molecule has 1 aromatic carbocycles. The molecule has 5 nitrogen and oxygen atoms in total. The highest BCUT2D eigenvalue weighted by Gasteiger charge is 2.29. The fraction of sp³-hybridized carbons (Fsp3) is 0.429. The van der Waals surface area contributed by atoms with Gasteiger partial charge in [0.15, 0.2) is 0 Å². The Morgan fingerprint density at radius 2 is 2.11 bits per heavy atom. The molecule has 1 atom stereocenters. The van der Waals surface area contributed by atoms with E-state index in [-0.39, 0.29) is 11.9 Å². The molecule has 0 aliphatic heterocycles. The van der Waals surface area contributed by atoms with Gasteiger partial charge in [0.25, 0.3) is 0 Å². The van der Waals surface area contributed by atoms with E-state index in [4.69, 9.17) is 11.5 Å². The summed E-state index contributed by atoms with van der Waals surface area (Å²) in [5.41, 5.74) is 12.4. The lowest BCUT2D eigenvalue weighted by Gasteiger charge is -2.10. The van der Waals surface area contributed by atoms with Crippen LogP contribution in [0.2, 0.25) is 0 Å². The van der Waals surface area contributed by atoms with E-state index >= 15 is 0 Å². The van der Waals surface area contributed by atoms with E-state index in [0.717, 1.165) is 18.4 Å². The Hall–Kier alpha value is -1.88. The van der Waals surface area contributed by atoms with Gasteiger partial charge in [0.05, 0.1) is 0 Å². The second-order valence-corrected chi connectivity index (χ2v) is 5.05. The molecule has 1 aliphatic carbocycles. The van der Waals surface area contributed by atoms with Gasteiger partial charge in [-0.2, -0.15) is 0 Å². The van der Waals surface area contributed by atoms with Crippen LogP contribution in [0.25, 0.3) is 0 Å². The van der Waals surface area contributed by atoms with E-state index in [9.17, 15) is 9.59 Å². The molecule has 2 rings (SSSR count). The van der Waals surface area contributed by atoms with Crippen LogP contribution in [0.5, 0.6) is 0 Å². The first-order chi connectivity index (χ1) is 9.06. The molecule has 19 heavy (non-hydrogen) atoms. The fourth-order valence-corrected chi connectivity index (χ4v) is 2.01. The van der Waals surface area contributed by atoms with Crippen LogP contribution < -0.4 is 16.8 Å². The number of nitrogens with two attached hydrogens (primary N) is 2. The van der Waals surface area contributed by atoms with Crippen molar-refractivity contribution in [1.82, 2.24) is 5.32 Å². The predicted molar refractivity (Wildman–Crippen MR) is 72.1 cm³/mol. The summed E-state index contributed by atoms with van der Waals surface area (Å²) < 4.78 is 0. The molecule has 1 unspecified atom stereocenters. The van der Waals surface area contributed by atoms with Crippen LogP contribution in [0.15, 0.2) is 24.3 Å². The largest absolute Gasteiger partial charge is 0.366 e. The van der Waals surface area contributed by atoms with Crippen LogP contribution in [0.3, 0.4) is 0 Å². The van der Waals surface area contributed by atoms with Gasteiger partial charge in [0.2, 0.25) is 11.8 Å². The summed E-state index contributed by atoms with van der Waals surface area (Å²) in [6.07, 6.45) is 2.63. The van der Waals surface area contributed by atoms with Crippen molar-refractivity contribution in [2.75, 3.05) is 0 Å². The van der Waals surface area contributed by atoms with Crippen LogP contribution in [-0.4, -0.2) is 17.9 Å². The maximum absolute atomic E-state index is 11.7. The number of primary amides is 1. The standard InChI is InChI=1S/C14H19N3O2/c15-12(10-4-5-10)7-13(18)17-8-9-2-1-3-11(6-9)14(16)19/h1-3,6,10,12H,4-5,7-8,15H2,(H2,16,19)(H,17,18). The van der Waals surface area contributed by atoms with E-state index in [1.807, 2.05) is 6.07 Å². The number of amides is 2. The van der Waals surface area contributed by atoms with Crippen LogP contribution in [0, 0.1) is 5.92 Å². The molecular formula is C14H19N3O2. The van der Waals surface area contributed by atoms with Crippen molar-refractivity contribution in [1.29, 1.82) is 0 Å². The van der Waals surface area contributed by atoms with Gasteiger partial charge in [-0.05, 0) is 36.5 Å². The smallest absolute Gasteiger partial charge is 0.248 e. The molecule has 2 amide bonds. The fourth-order valence-electron chi connectivity index (χ4n) is 2.01. The summed E-state index contributed by atoms with van der Waals surface area (Å²) in [5, 5.41) is 2.81. The molecule has 1 fully saturated rings. The number of hydrogen-bond donors (Lipinski definition) is 3. The molecule has 1 aliphatic rings. The third kappa shape index (κ3) is 4.06. The summed E-state index contributed by atoms with van der Waals surface area (Å²) >= 11 is 0. The Kier molecular flexibility index (Phi) is 4.16. The Morgan fingerprint density at radius 1 is 1.37 bits per heavy atom. The topological polar surface area (TPSA) is 98.2 Å². The van der Waals surface area contributed by atoms with E-state index in [0.29, 0.717) is 24.4 Å². The number of rotatable bonds is 6. The lowest BCUT2D eigenvalue weighted by atomic mass is 10.1. The molecule has 0 heterocycles. The summed E-state index contributed by atoms with van der Waals surface area (Å²) in [6, 6.07) is 6.89. The van der Waals surface area contributed by atoms with Crippen LogP contribution in [0.1, 0.15) is 35.2 Å². The second-order valence-electron chi connectivity index (χ2n) is 5.05. The average Bonchev–Trinajstić information content (AvgIpc) is 3.21. The predicted octanol–water partition coefficient (Wildman–Crippen LogP) is 0.529. The summed E-state index contributed by atoms with van der Waals surface area (Å²) in [6.45, 7) is 0.386. The van der Waals surface area contributed by atoms with Crippen LogP contribution in [0.4, 0.5) is 0 Å². The zero-order valence-electron chi connectivity index (χ0n) is 10.8. The first kappa shape index (κ1) is 13.5. The molecule has 5 N–H and O–H groups in total. The Balaban J connectivity index is 1.82. The third-order valence-electron chi connectivity index (χ3n) is 3.35. The molecule has 102 valence electrons. The molecule has 0 aromatic heterocycles. The number of carbonyl (C=O) groups is 2. The molecule has 5 heteroatoms. The molecule has 0 spiro atoms. The highest BCUT2D eigenvalue weighted by atomic mass is 16.2. The van der Waals surface area contributed by atoms with Crippen molar-refractivity contribution < 1.29 is 9.59 Å². The molecular weight excluding hydrogens is 242 g/mol. The average molecular weight is 261 g/mol. The normalized spacial score (nSPS) is 15.8. The van der Waals surface area contributed by atoms with Crippen LogP contribution >= 0.6 is 0 Å². The first-order valence-corrected chi connectivity index (χ1v) is 6.47. The van der Waals surface area contributed by atoms with E-state index < -0.39 is 5.91 Å². The molecule has 0 bridgehead atoms. The van der Waals surface area contributed by atoms with Crippen molar-refractivity contribution in [2.45, 2.75) is 31.8 Å². The van der Waals surface area contributed by atoms with Crippen molar-refractivity contribution >= 4 is 11.8 Å². The molecule has 1 aromatic rings. The molecule has 1 saturated carbocycles. The van der Waals surface area contributed by atoms with E-state index in [2.05, 4.69) is 5.32 Å². The van der Waals surface area contributed by atoms with Crippen molar-refractivity contribution in [3.8, 4) is 0 Å². The summed E-state index contributed by atoms with van der Waals surface area (Å²) in [4.78, 5) is 22.7. The quantitative estimate of drug-likeness (QED) is 0.696. The minimum absolute atomic E-state index is 0.0306. The highest BCUT2D eigenvalue weighted by Crippen LogP contribution is 2.32. The zero-order chi connectivity index (χ0) is 13.8. The monoisotopic (exact) mass is 261 g/mol. The lowest BCUT2D eigenvalue weighted by molar-refractivity contribution is -0.121. The number of benzene rings is 1. The maximum atomic E-state index is 11.7. The van der Waals surface area contributed by atoms with Gasteiger partial charge in [-0.3, -0.25) is 9.59 Å². The van der Waals surface area contributed by atoms with E-state index in [1.54, 1.807) is 18.2 Å². The van der Waals surface area contributed by atoms with Crippen molar-refractivity contribution in [3.05, 3.63) is 35.4 Å². The Morgan fingerprint density at radius 3 is 2.74 bits per heavy atom. The van der Waals surface area contributed by atoms with Gasteiger partial charge in [0, 0.05) is 24.6 Å². The van der Waals surface area contributed by atoms with Gasteiger partial charge in [-0.25, -0.2) is 0 Å². The minimum atomic E-state index is -0.469. The maximum Gasteiger partial charge on any atom is 0.248 e. The SMILES string of the molecule is NC(=O)c1cccc(CNC(=O)CC(N)C2CC2)c1. The van der Waals surface area contributed by atoms with Gasteiger partial charge >= 0.3 is 0 Å². The number of hydrogen-bond acceptors (Lipinski definition) is 3. The number of carbonyl (C=O) groups excluding carboxylic acids is 2. The number of nitrogens with one attached hydrogen (secondary N) is 1. The third-order valence-corrected chi connectivity index (χ3v) is 3.35. The minimum Gasteiger partial charge on any atom is -0.366 e.